The van der Waals surface area contributed by atoms with Crippen LogP contribution in [0.15, 0.2) is 98.7 Å². The molecule has 0 aliphatic carbocycles. The summed E-state index contributed by atoms with van der Waals surface area (Å²) in [5.74, 6) is -0.107. The minimum absolute atomic E-state index is 0.0533. The maximum Gasteiger partial charge on any atom is 0.269 e. The van der Waals surface area contributed by atoms with E-state index in [0.29, 0.717) is 47.8 Å². The maximum atomic E-state index is 13.8. The summed E-state index contributed by atoms with van der Waals surface area (Å²) in [4.78, 5) is 38.9. The van der Waals surface area contributed by atoms with E-state index in [-0.39, 0.29) is 11.8 Å². The predicted octanol–water partition coefficient (Wildman–Crippen LogP) is 5.13. The van der Waals surface area contributed by atoms with Gasteiger partial charge in [-0.15, -0.1) is 0 Å². The molecule has 3 aliphatic heterocycles. The highest BCUT2D eigenvalue weighted by Crippen LogP contribution is 2.50. The fourth-order valence-corrected chi connectivity index (χ4v) is 7.06. The Balaban J connectivity index is 1.23. The number of para-hydroxylation sites is 1. The molecule has 204 valence electrons. The van der Waals surface area contributed by atoms with Gasteiger partial charge in [0.1, 0.15) is 4.91 Å². The van der Waals surface area contributed by atoms with E-state index in [2.05, 4.69) is 27.2 Å². The number of rotatable bonds is 6. The van der Waals surface area contributed by atoms with E-state index >= 15 is 0 Å². The molecule has 10 heteroatoms. The van der Waals surface area contributed by atoms with E-state index in [0.717, 1.165) is 34.3 Å². The number of hydrogen-bond donors (Lipinski definition) is 1. The minimum Gasteiger partial charge on any atom is -0.379 e. The molecule has 3 aliphatic rings. The molecule has 2 fully saturated rings. The van der Waals surface area contributed by atoms with E-state index in [1.54, 1.807) is 16.7 Å². The monoisotopic (exact) mass is 571 g/mol. The Labute approximate surface area is 242 Å². The number of nitrogens with zero attached hydrogens (tertiary/aromatic N) is 4. The number of anilines is 2. The molecule has 0 aromatic heterocycles. The summed E-state index contributed by atoms with van der Waals surface area (Å²) in [6.07, 6.45) is 0. The Morgan fingerprint density at radius 3 is 2.42 bits per heavy atom. The van der Waals surface area contributed by atoms with E-state index in [4.69, 9.17) is 9.73 Å². The lowest BCUT2D eigenvalue weighted by molar-refractivity contribution is -0.122. The molecule has 6 rings (SSSR count). The van der Waals surface area contributed by atoms with Crippen molar-refractivity contribution in [1.29, 1.82) is 0 Å². The van der Waals surface area contributed by atoms with Crippen molar-refractivity contribution in [2.75, 3.05) is 50.1 Å². The van der Waals surface area contributed by atoms with Crippen LogP contribution in [0, 0.1) is 0 Å². The van der Waals surface area contributed by atoms with Gasteiger partial charge in [0.2, 0.25) is 5.91 Å². The summed E-state index contributed by atoms with van der Waals surface area (Å²) in [6, 6.07) is 25.5. The van der Waals surface area contributed by atoms with Crippen LogP contribution in [0.4, 0.5) is 17.1 Å². The molecule has 2 amide bonds. The predicted molar refractivity (Wildman–Crippen MR) is 162 cm³/mol. The zero-order valence-corrected chi connectivity index (χ0v) is 23.7. The lowest BCUT2D eigenvalue weighted by atomic mass is 10.2. The van der Waals surface area contributed by atoms with Gasteiger partial charge in [0.15, 0.2) is 5.17 Å². The Morgan fingerprint density at radius 2 is 1.68 bits per heavy atom. The number of fused-ring (bicyclic) bond motifs is 1. The average molecular weight is 572 g/mol. The first-order valence-corrected chi connectivity index (χ1v) is 14.8. The van der Waals surface area contributed by atoms with E-state index in [1.807, 2.05) is 73.8 Å². The Kier molecular flexibility index (Phi) is 7.92. The number of ether oxygens (including phenoxy) is 1. The normalized spacial score (nSPS) is 20.3. The van der Waals surface area contributed by atoms with E-state index < -0.39 is 0 Å². The Bertz CT molecular complexity index is 1470. The molecular weight excluding hydrogens is 542 g/mol. The summed E-state index contributed by atoms with van der Waals surface area (Å²) in [5.41, 5.74) is 3.55. The lowest BCUT2D eigenvalue weighted by Crippen LogP contribution is -2.41. The maximum absolute atomic E-state index is 13.8. The molecule has 0 atom stereocenters. The van der Waals surface area contributed by atoms with Crippen LogP contribution in [0.1, 0.15) is 5.56 Å². The fraction of sp³-hybridized carbons (Fsp3) is 0.233. The van der Waals surface area contributed by atoms with Crippen molar-refractivity contribution in [3.8, 4) is 0 Å². The second-order valence-corrected chi connectivity index (χ2v) is 11.6. The molecule has 0 spiro atoms. The second kappa shape index (κ2) is 11.9. The highest BCUT2D eigenvalue weighted by atomic mass is 32.2. The van der Waals surface area contributed by atoms with Gasteiger partial charge in [-0.2, -0.15) is 0 Å². The minimum atomic E-state index is -0.0539. The molecule has 3 heterocycles. The number of aliphatic imine (C=N–C) groups is 1. The molecular formula is C30H29N5O3S2. The number of benzene rings is 3. The van der Waals surface area contributed by atoms with Gasteiger partial charge in [0, 0.05) is 30.7 Å². The van der Waals surface area contributed by atoms with E-state index in [9.17, 15) is 9.59 Å². The first-order valence-electron chi connectivity index (χ1n) is 13.1. The van der Waals surface area contributed by atoms with Gasteiger partial charge >= 0.3 is 0 Å². The van der Waals surface area contributed by atoms with Gasteiger partial charge in [0.05, 0.1) is 42.7 Å². The SMILES string of the molecule is CN1/C(=C2/SC(=Nc3ccc(NC(=O)CN4CCOCC4)cc3)N(Cc3ccccc3)C2=O)Sc2ccccc21. The summed E-state index contributed by atoms with van der Waals surface area (Å²) in [5, 5.41) is 4.51. The molecule has 0 bridgehead atoms. The van der Waals surface area contributed by atoms with Crippen LogP contribution in [-0.4, -0.2) is 66.7 Å². The third-order valence-electron chi connectivity index (χ3n) is 6.83. The first kappa shape index (κ1) is 26.6. The van der Waals surface area contributed by atoms with Gasteiger partial charge in [-0.05, 0) is 53.7 Å². The Morgan fingerprint density at radius 1 is 0.950 bits per heavy atom. The highest BCUT2D eigenvalue weighted by molar-refractivity contribution is 8.19. The third kappa shape index (κ3) is 5.80. The molecule has 3 aromatic carbocycles. The van der Waals surface area contributed by atoms with Gasteiger partial charge < -0.3 is 15.0 Å². The highest BCUT2D eigenvalue weighted by Gasteiger charge is 2.39. The summed E-state index contributed by atoms with van der Waals surface area (Å²) in [7, 11) is 2.00. The van der Waals surface area contributed by atoms with E-state index in [1.165, 1.54) is 11.8 Å². The number of nitrogens with one attached hydrogen (secondary N) is 1. The molecule has 40 heavy (non-hydrogen) atoms. The summed E-state index contributed by atoms with van der Waals surface area (Å²) < 4.78 is 5.35. The molecule has 8 nitrogen and oxygen atoms in total. The van der Waals surface area contributed by atoms with Crippen LogP contribution >= 0.6 is 23.5 Å². The topological polar surface area (TPSA) is 77.5 Å². The number of amides is 2. The number of amidine groups is 1. The van der Waals surface area contributed by atoms with Crippen molar-refractivity contribution >= 4 is 57.6 Å². The number of morpholine rings is 1. The van der Waals surface area contributed by atoms with Crippen molar-refractivity contribution in [3.63, 3.8) is 0 Å². The fourth-order valence-electron chi connectivity index (χ4n) is 4.72. The van der Waals surface area contributed by atoms with Crippen molar-refractivity contribution < 1.29 is 14.3 Å². The zero-order chi connectivity index (χ0) is 27.5. The van der Waals surface area contributed by atoms with Crippen LogP contribution in [0.3, 0.4) is 0 Å². The number of hydrogen-bond acceptors (Lipinski definition) is 8. The lowest BCUT2D eigenvalue weighted by Gasteiger charge is -2.25. The smallest absolute Gasteiger partial charge is 0.269 e. The quantitative estimate of drug-likeness (QED) is 0.411. The van der Waals surface area contributed by atoms with Crippen LogP contribution in [0.2, 0.25) is 0 Å². The van der Waals surface area contributed by atoms with Gasteiger partial charge in [-0.3, -0.25) is 19.4 Å². The number of carbonyl (C=O) groups is 2. The van der Waals surface area contributed by atoms with Gasteiger partial charge in [-0.1, -0.05) is 54.2 Å². The largest absolute Gasteiger partial charge is 0.379 e. The second-order valence-electron chi connectivity index (χ2n) is 9.62. The third-order valence-corrected chi connectivity index (χ3v) is 9.26. The van der Waals surface area contributed by atoms with Crippen LogP contribution in [0.25, 0.3) is 0 Å². The van der Waals surface area contributed by atoms with Crippen LogP contribution in [-0.2, 0) is 20.9 Å². The number of thioether (sulfide) groups is 2. The molecule has 1 N–H and O–H groups in total. The van der Waals surface area contributed by atoms with Crippen molar-refractivity contribution in [3.05, 3.63) is 94.4 Å². The Hall–Kier alpha value is -3.57. The zero-order valence-electron chi connectivity index (χ0n) is 22.1. The van der Waals surface area contributed by atoms with Crippen molar-refractivity contribution in [2.24, 2.45) is 4.99 Å². The van der Waals surface area contributed by atoms with Crippen LogP contribution < -0.4 is 10.2 Å². The number of carbonyl (C=O) groups excluding carboxylic acids is 2. The van der Waals surface area contributed by atoms with Crippen LogP contribution in [0.5, 0.6) is 0 Å². The van der Waals surface area contributed by atoms with Gasteiger partial charge in [0.25, 0.3) is 5.91 Å². The van der Waals surface area contributed by atoms with Crippen molar-refractivity contribution in [2.45, 2.75) is 11.4 Å². The summed E-state index contributed by atoms with van der Waals surface area (Å²) >= 11 is 3.02. The van der Waals surface area contributed by atoms with Gasteiger partial charge in [-0.25, -0.2) is 4.99 Å². The molecule has 0 unspecified atom stereocenters. The molecule has 2 saturated heterocycles. The first-order chi connectivity index (χ1) is 19.5. The standard InChI is InChI=1S/C30H29N5O3S2/c1-33-24-9-5-6-10-25(24)39-29(33)27-28(37)35(19-21-7-3-2-4-8-21)30(40-27)32-23-13-11-22(12-14-23)31-26(36)20-34-15-17-38-18-16-34/h2-14H,15-20H2,1H3,(H,31,36)/b29-27-,32-30?. The molecule has 0 radical (unpaired) electrons. The summed E-state index contributed by atoms with van der Waals surface area (Å²) in [6.45, 7) is 3.61. The average Bonchev–Trinajstić information content (AvgIpc) is 3.46. The molecule has 0 saturated carbocycles. The molecule has 3 aromatic rings. The van der Waals surface area contributed by atoms with Crippen molar-refractivity contribution in [1.82, 2.24) is 9.80 Å².